The van der Waals surface area contributed by atoms with Gasteiger partial charge in [-0.25, -0.2) is 0 Å². The molecule has 12 heavy (non-hydrogen) atoms. The molecule has 1 heterocycles. The van der Waals surface area contributed by atoms with Crippen LogP contribution in [0.3, 0.4) is 0 Å². The van der Waals surface area contributed by atoms with Crippen molar-refractivity contribution in [1.29, 1.82) is 0 Å². The summed E-state index contributed by atoms with van der Waals surface area (Å²) in [6, 6.07) is 0. The van der Waals surface area contributed by atoms with E-state index in [0.29, 0.717) is 12.2 Å². The normalized spacial score (nSPS) is 24.2. The number of ether oxygens (including phenoxy) is 2. The molecule has 72 valence electrons. The molecular weight excluding hydrogens is 172 g/mol. The second-order valence-electron chi connectivity index (χ2n) is 3.22. The molecule has 1 aliphatic heterocycles. The molecule has 4 heteroatoms. The molecule has 0 saturated carbocycles. The third-order valence-corrected chi connectivity index (χ3v) is 2.81. The van der Waals surface area contributed by atoms with Gasteiger partial charge in [0, 0.05) is 12.7 Å². The van der Waals surface area contributed by atoms with E-state index in [1.807, 2.05) is 0 Å². The van der Waals surface area contributed by atoms with Crippen molar-refractivity contribution in [1.82, 2.24) is 0 Å². The largest absolute Gasteiger partial charge is 0.425 e. The van der Waals surface area contributed by atoms with Crippen molar-refractivity contribution in [3.8, 4) is 0 Å². The third-order valence-electron chi connectivity index (χ3n) is 2.01. The first-order chi connectivity index (χ1) is 5.83. The SMILES string of the molecule is CC(CCCOCC1CO1)O[SiH3]. The van der Waals surface area contributed by atoms with Crippen molar-refractivity contribution in [2.75, 3.05) is 19.8 Å². The third kappa shape index (κ3) is 4.87. The van der Waals surface area contributed by atoms with Crippen molar-refractivity contribution in [2.45, 2.75) is 32.0 Å². The molecule has 1 rings (SSSR count). The lowest BCUT2D eigenvalue weighted by atomic mass is 10.2. The molecule has 2 unspecified atom stereocenters. The van der Waals surface area contributed by atoms with Gasteiger partial charge in [-0.1, -0.05) is 0 Å². The van der Waals surface area contributed by atoms with Crippen LogP contribution in [0, 0.1) is 0 Å². The van der Waals surface area contributed by atoms with E-state index in [1.54, 1.807) is 0 Å². The van der Waals surface area contributed by atoms with Crippen LogP contribution in [0.4, 0.5) is 0 Å². The Bertz CT molecular complexity index is 117. The molecule has 2 atom stereocenters. The van der Waals surface area contributed by atoms with E-state index in [2.05, 4.69) is 6.92 Å². The van der Waals surface area contributed by atoms with Gasteiger partial charge in [0.25, 0.3) is 0 Å². The van der Waals surface area contributed by atoms with Crippen LogP contribution in [0.15, 0.2) is 0 Å². The zero-order valence-electron chi connectivity index (χ0n) is 7.91. The van der Waals surface area contributed by atoms with Gasteiger partial charge in [0.1, 0.15) is 16.6 Å². The molecule has 0 aliphatic carbocycles. The zero-order chi connectivity index (χ0) is 8.81. The average molecular weight is 190 g/mol. The van der Waals surface area contributed by atoms with Crippen LogP contribution >= 0.6 is 0 Å². The maximum Gasteiger partial charge on any atom is 0.146 e. The summed E-state index contributed by atoms with van der Waals surface area (Å²) in [6.45, 7) is 4.61. The predicted molar refractivity (Wildman–Crippen MR) is 50.3 cm³/mol. The van der Waals surface area contributed by atoms with Crippen LogP contribution in [0.5, 0.6) is 0 Å². The first kappa shape index (κ1) is 10.2. The highest BCUT2D eigenvalue weighted by atomic mass is 28.2. The van der Waals surface area contributed by atoms with Gasteiger partial charge in [-0.15, -0.1) is 0 Å². The Morgan fingerprint density at radius 3 is 3.00 bits per heavy atom. The summed E-state index contributed by atoms with van der Waals surface area (Å²) >= 11 is 0. The molecule has 0 amide bonds. The Kier molecular flexibility index (Phi) is 4.83. The van der Waals surface area contributed by atoms with E-state index < -0.39 is 0 Å². The Hall–Kier alpha value is 0.0969. The first-order valence-electron chi connectivity index (χ1n) is 4.55. The summed E-state index contributed by atoms with van der Waals surface area (Å²) in [6.07, 6.45) is 3.01. The molecule has 0 spiro atoms. The monoisotopic (exact) mass is 190 g/mol. The maximum absolute atomic E-state index is 5.38. The quantitative estimate of drug-likeness (QED) is 0.318. The Balaban J connectivity index is 1.75. The molecule has 0 radical (unpaired) electrons. The molecule has 0 aromatic heterocycles. The van der Waals surface area contributed by atoms with E-state index in [9.17, 15) is 0 Å². The van der Waals surface area contributed by atoms with Crippen molar-refractivity contribution < 1.29 is 13.9 Å². The molecule has 1 fully saturated rings. The molecule has 1 saturated heterocycles. The number of hydrogen-bond donors (Lipinski definition) is 0. The van der Waals surface area contributed by atoms with Crippen LogP contribution < -0.4 is 0 Å². The summed E-state index contributed by atoms with van der Waals surface area (Å²) in [5, 5.41) is 0. The molecule has 0 N–H and O–H groups in total. The van der Waals surface area contributed by atoms with Crippen molar-refractivity contribution >= 4 is 10.5 Å². The van der Waals surface area contributed by atoms with Crippen LogP contribution in [0.25, 0.3) is 0 Å². The molecule has 3 nitrogen and oxygen atoms in total. The highest BCUT2D eigenvalue weighted by molar-refractivity contribution is 5.98. The molecular formula is C8H18O3Si. The van der Waals surface area contributed by atoms with Crippen LogP contribution in [0.2, 0.25) is 0 Å². The maximum atomic E-state index is 5.38. The molecule has 0 aromatic carbocycles. The van der Waals surface area contributed by atoms with Gasteiger partial charge >= 0.3 is 0 Å². The lowest BCUT2D eigenvalue weighted by molar-refractivity contribution is 0.104. The summed E-state index contributed by atoms with van der Waals surface area (Å²) in [7, 11) is 0.838. The molecule has 0 bridgehead atoms. The average Bonchev–Trinajstić information content (AvgIpc) is 2.87. The minimum Gasteiger partial charge on any atom is -0.425 e. The summed E-state index contributed by atoms with van der Waals surface area (Å²) in [4.78, 5) is 0. The van der Waals surface area contributed by atoms with Crippen molar-refractivity contribution in [2.24, 2.45) is 0 Å². The van der Waals surface area contributed by atoms with E-state index in [4.69, 9.17) is 13.9 Å². The fourth-order valence-corrected chi connectivity index (χ4v) is 1.21. The van der Waals surface area contributed by atoms with Gasteiger partial charge in [-0.05, 0) is 19.8 Å². The van der Waals surface area contributed by atoms with Crippen molar-refractivity contribution in [3.05, 3.63) is 0 Å². The van der Waals surface area contributed by atoms with Gasteiger partial charge in [0.05, 0.1) is 13.2 Å². The lowest BCUT2D eigenvalue weighted by Crippen LogP contribution is -2.08. The van der Waals surface area contributed by atoms with Gasteiger partial charge in [0.15, 0.2) is 0 Å². The fraction of sp³-hybridized carbons (Fsp3) is 1.00. The number of hydrogen-bond acceptors (Lipinski definition) is 3. The fourth-order valence-electron chi connectivity index (χ4n) is 0.970. The molecule has 1 aliphatic rings. The van der Waals surface area contributed by atoms with Crippen LogP contribution in [0.1, 0.15) is 19.8 Å². The summed E-state index contributed by atoms with van der Waals surface area (Å²) in [5.74, 6) is 0. The summed E-state index contributed by atoms with van der Waals surface area (Å²) in [5.41, 5.74) is 0. The standard InChI is InChI=1S/C8H18O3Si/c1-7(11-12)3-2-4-9-5-8-6-10-8/h7-8H,2-6H2,1,12H3. The predicted octanol–water partition coefficient (Wildman–Crippen LogP) is -0.132. The second kappa shape index (κ2) is 5.69. The highest BCUT2D eigenvalue weighted by Gasteiger charge is 2.21. The Morgan fingerprint density at radius 2 is 2.42 bits per heavy atom. The van der Waals surface area contributed by atoms with Crippen LogP contribution in [-0.4, -0.2) is 42.5 Å². The first-order valence-corrected chi connectivity index (χ1v) is 5.36. The minimum atomic E-state index is 0.400. The van der Waals surface area contributed by atoms with Gasteiger partial charge in [-0.3, -0.25) is 0 Å². The zero-order valence-corrected chi connectivity index (χ0v) is 9.91. The smallest absolute Gasteiger partial charge is 0.146 e. The van der Waals surface area contributed by atoms with Gasteiger partial charge < -0.3 is 13.9 Å². The van der Waals surface area contributed by atoms with Gasteiger partial charge in [0.2, 0.25) is 0 Å². The number of epoxide rings is 1. The minimum absolute atomic E-state index is 0.400. The van der Waals surface area contributed by atoms with Crippen molar-refractivity contribution in [3.63, 3.8) is 0 Å². The molecule has 0 aromatic rings. The van der Waals surface area contributed by atoms with E-state index in [0.717, 1.165) is 43.1 Å². The second-order valence-corrected chi connectivity index (χ2v) is 3.69. The summed E-state index contributed by atoms with van der Waals surface area (Å²) < 4.78 is 15.6. The highest BCUT2D eigenvalue weighted by Crippen LogP contribution is 2.09. The lowest BCUT2D eigenvalue weighted by Gasteiger charge is -2.08. The number of rotatable bonds is 7. The van der Waals surface area contributed by atoms with E-state index in [-0.39, 0.29) is 0 Å². The van der Waals surface area contributed by atoms with E-state index >= 15 is 0 Å². The van der Waals surface area contributed by atoms with Gasteiger partial charge in [-0.2, -0.15) is 0 Å². The van der Waals surface area contributed by atoms with Crippen LogP contribution in [-0.2, 0) is 13.9 Å². The van der Waals surface area contributed by atoms with E-state index in [1.165, 1.54) is 0 Å². The Labute approximate surface area is 76.9 Å². The topological polar surface area (TPSA) is 31.0 Å². The Morgan fingerprint density at radius 1 is 1.67 bits per heavy atom.